The molecule has 7 heteroatoms. The van der Waals surface area contributed by atoms with Gasteiger partial charge < -0.3 is 15.2 Å². The standard InChI is InChI=1S/C14H17BrFNO4/c1-3-14(2,13(19)20)8-17-12(18)7-21-11-5-4-9(16)6-10(11)15/h4-6H,3,7-8H2,1-2H3,(H,17,18)(H,19,20). The molecular weight excluding hydrogens is 345 g/mol. The van der Waals surface area contributed by atoms with Crippen LogP contribution in [-0.2, 0) is 9.59 Å². The lowest BCUT2D eigenvalue weighted by molar-refractivity contribution is -0.148. The van der Waals surface area contributed by atoms with Gasteiger partial charge in [-0.05, 0) is 47.5 Å². The van der Waals surface area contributed by atoms with E-state index >= 15 is 0 Å². The molecule has 0 bridgehead atoms. The highest BCUT2D eigenvalue weighted by molar-refractivity contribution is 9.10. The average Bonchev–Trinajstić information content (AvgIpc) is 2.43. The van der Waals surface area contributed by atoms with Crippen LogP contribution in [0.4, 0.5) is 4.39 Å². The van der Waals surface area contributed by atoms with Crippen LogP contribution in [0.15, 0.2) is 22.7 Å². The Balaban J connectivity index is 2.49. The highest BCUT2D eigenvalue weighted by Gasteiger charge is 2.31. The normalized spacial score (nSPS) is 13.3. The third-order valence-corrected chi connectivity index (χ3v) is 3.84. The van der Waals surface area contributed by atoms with Gasteiger partial charge in [-0.15, -0.1) is 0 Å². The summed E-state index contributed by atoms with van der Waals surface area (Å²) in [5.74, 6) is -1.48. The second-order valence-corrected chi connectivity index (χ2v) is 5.71. The number of ether oxygens (including phenoxy) is 1. The van der Waals surface area contributed by atoms with Crippen LogP contribution in [0.5, 0.6) is 5.75 Å². The van der Waals surface area contributed by atoms with E-state index in [0.29, 0.717) is 16.6 Å². The van der Waals surface area contributed by atoms with E-state index in [1.165, 1.54) is 18.2 Å². The summed E-state index contributed by atoms with van der Waals surface area (Å²) in [5.41, 5.74) is -1.01. The zero-order valence-corrected chi connectivity index (χ0v) is 13.4. The number of halogens is 2. The molecule has 0 spiro atoms. The molecule has 21 heavy (non-hydrogen) atoms. The van der Waals surface area contributed by atoms with Crippen molar-refractivity contribution in [2.75, 3.05) is 13.2 Å². The molecule has 1 amide bonds. The summed E-state index contributed by atoms with van der Waals surface area (Å²) in [6, 6.07) is 3.85. The summed E-state index contributed by atoms with van der Waals surface area (Å²) >= 11 is 3.12. The first-order chi connectivity index (χ1) is 9.78. The minimum atomic E-state index is -1.01. The second-order valence-electron chi connectivity index (χ2n) is 4.86. The molecule has 0 radical (unpaired) electrons. The number of benzene rings is 1. The van der Waals surface area contributed by atoms with Crippen molar-refractivity contribution in [1.29, 1.82) is 0 Å². The number of carboxylic acids is 1. The van der Waals surface area contributed by atoms with Crippen LogP contribution in [0.25, 0.3) is 0 Å². The fourth-order valence-electron chi connectivity index (χ4n) is 1.43. The highest BCUT2D eigenvalue weighted by atomic mass is 79.9. The van der Waals surface area contributed by atoms with Crippen molar-refractivity contribution in [1.82, 2.24) is 5.32 Å². The number of carboxylic acid groups (broad SMARTS) is 1. The fraction of sp³-hybridized carbons (Fsp3) is 0.429. The quantitative estimate of drug-likeness (QED) is 0.782. The number of hydrogen-bond acceptors (Lipinski definition) is 3. The van der Waals surface area contributed by atoms with Crippen LogP contribution < -0.4 is 10.1 Å². The van der Waals surface area contributed by atoms with Gasteiger partial charge in [-0.2, -0.15) is 0 Å². The maximum atomic E-state index is 12.9. The SMILES string of the molecule is CCC(C)(CNC(=O)COc1ccc(F)cc1Br)C(=O)O. The molecule has 1 unspecified atom stereocenters. The Morgan fingerprint density at radius 2 is 2.14 bits per heavy atom. The van der Waals surface area contributed by atoms with Crippen LogP contribution >= 0.6 is 15.9 Å². The van der Waals surface area contributed by atoms with Crippen LogP contribution in [0.1, 0.15) is 20.3 Å². The molecule has 116 valence electrons. The largest absolute Gasteiger partial charge is 0.483 e. The van der Waals surface area contributed by atoms with Crippen LogP contribution in [0.3, 0.4) is 0 Å². The Morgan fingerprint density at radius 3 is 2.67 bits per heavy atom. The van der Waals surface area contributed by atoms with Gasteiger partial charge in [0, 0.05) is 6.54 Å². The molecule has 1 aromatic rings. The summed E-state index contributed by atoms with van der Waals surface area (Å²) in [7, 11) is 0. The van der Waals surface area contributed by atoms with Gasteiger partial charge in [-0.25, -0.2) is 4.39 Å². The molecule has 1 atom stereocenters. The maximum Gasteiger partial charge on any atom is 0.311 e. The van der Waals surface area contributed by atoms with E-state index in [9.17, 15) is 14.0 Å². The molecule has 0 aliphatic rings. The summed E-state index contributed by atoms with van der Waals surface area (Å²) in [6.45, 7) is 3.05. The predicted octanol–water partition coefficient (Wildman–Crippen LogP) is 2.58. The first kappa shape index (κ1) is 17.4. The smallest absolute Gasteiger partial charge is 0.311 e. The Hall–Kier alpha value is -1.63. The zero-order valence-electron chi connectivity index (χ0n) is 11.8. The number of carbonyl (C=O) groups is 2. The first-order valence-electron chi connectivity index (χ1n) is 6.36. The molecule has 2 N–H and O–H groups in total. The molecule has 1 aromatic carbocycles. The van der Waals surface area contributed by atoms with Gasteiger partial charge in [0.15, 0.2) is 6.61 Å². The molecule has 0 aliphatic carbocycles. The van der Waals surface area contributed by atoms with E-state index in [1.54, 1.807) is 13.8 Å². The number of carbonyl (C=O) groups excluding carboxylic acids is 1. The Bertz CT molecular complexity index is 538. The van der Waals surface area contributed by atoms with Crippen LogP contribution in [0, 0.1) is 11.2 Å². The fourth-order valence-corrected chi connectivity index (χ4v) is 1.90. The van der Waals surface area contributed by atoms with Gasteiger partial charge >= 0.3 is 5.97 Å². The number of amides is 1. The van der Waals surface area contributed by atoms with Crippen molar-refractivity contribution in [3.8, 4) is 5.75 Å². The van der Waals surface area contributed by atoms with Gasteiger partial charge in [0.2, 0.25) is 0 Å². The van der Waals surface area contributed by atoms with Crippen molar-refractivity contribution >= 4 is 27.8 Å². The van der Waals surface area contributed by atoms with Gasteiger partial charge in [-0.3, -0.25) is 9.59 Å². The van der Waals surface area contributed by atoms with Gasteiger partial charge in [0.1, 0.15) is 11.6 Å². The minimum Gasteiger partial charge on any atom is -0.483 e. The predicted molar refractivity (Wildman–Crippen MR) is 78.6 cm³/mol. The molecular formula is C14H17BrFNO4. The van der Waals surface area contributed by atoms with E-state index < -0.39 is 23.1 Å². The Labute approximate surface area is 130 Å². The zero-order chi connectivity index (χ0) is 16.0. The molecule has 0 saturated carbocycles. The van der Waals surface area contributed by atoms with Crippen molar-refractivity contribution in [3.63, 3.8) is 0 Å². The number of nitrogens with one attached hydrogen (secondary N) is 1. The van der Waals surface area contributed by atoms with Crippen molar-refractivity contribution < 1.29 is 23.8 Å². The summed E-state index contributed by atoms with van der Waals surface area (Å²) in [5, 5.41) is 11.6. The van der Waals surface area contributed by atoms with Crippen molar-refractivity contribution in [3.05, 3.63) is 28.5 Å². The molecule has 1 rings (SSSR count). The number of hydrogen-bond donors (Lipinski definition) is 2. The molecule has 0 saturated heterocycles. The topological polar surface area (TPSA) is 75.6 Å². The van der Waals surface area contributed by atoms with E-state index in [0.717, 1.165) is 0 Å². The molecule has 0 fully saturated rings. The van der Waals surface area contributed by atoms with Crippen molar-refractivity contribution in [2.24, 2.45) is 5.41 Å². The van der Waals surface area contributed by atoms with Crippen LogP contribution in [0.2, 0.25) is 0 Å². The molecule has 0 aromatic heterocycles. The van der Waals surface area contributed by atoms with E-state index in [-0.39, 0.29) is 13.2 Å². The third kappa shape index (κ3) is 5.00. The second kappa shape index (κ2) is 7.40. The maximum absolute atomic E-state index is 12.9. The van der Waals surface area contributed by atoms with Gasteiger partial charge in [-0.1, -0.05) is 6.92 Å². The Kier molecular flexibility index (Phi) is 6.14. The lowest BCUT2D eigenvalue weighted by Crippen LogP contribution is -2.42. The van der Waals surface area contributed by atoms with Gasteiger partial charge in [0.05, 0.1) is 9.89 Å². The van der Waals surface area contributed by atoms with E-state index in [1.807, 2.05) is 0 Å². The van der Waals surface area contributed by atoms with Crippen molar-refractivity contribution in [2.45, 2.75) is 20.3 Å². The highest BCUT2D eigenvalue weighted by Crippen LogP contribution is 2.25. The molecule has 0 heterocycles. The summed E-state index contributed by atoms with van der Waals surface area (Å²) in [4.78, 5) is 22.8. The molecule has 5 nitrogen and oxygen atoms in total. The Morgan fingerprint density at radius 1 is 1.48 bits per heavy atom. The summed E-state index contributed by atoms with van der Waals surface area (Å²) in [6.07, 6.45) is 0.396. The molecule has 0 aliphatic heterocycles. The minimum absolute atomic E-state index is 0.0195. The van der Waals surface area contributed by atoms with Gasteiger partial charge in [0.25, 0.3) is 5.91 Å². The third-order valence-electron chi connectivity index (χ3n) is 3.23. The lowest BCUT2D eigenvalue weighted by atomic mass is 9.88. The summed E-state index contributed by atoms with van der Waals surface area (Å²) < 4.78 is 18.5. The monoisotopic (exact) mass is 361 g/mol. The average molecular weight is 362 g/mol. The number of rotatable bonds is 7. The van der Waals surface area contributed by atoms with Crippen LogP contribution in [-0.4, -0.2) is 30.1 Å². The number of aliphatic carboxylic acids is 1. The lowest BCUT2D eigenvalue weighted by Gasteiger charge is -2.23. The van der Waals surface area contributed by atoms with E-state index in [2.05, 4.69) is 21.2 Å². The van der Waals surface area contributed by atoms with E-state index in [4.69, 9.17) is 9.84 Å². The first-order valence-corrected chi connectivity index (χ1v) is 7.15.